The van der Waals surface area contributed by atoms with E-state index in [1.54, 1.807) is 0 Å². The summed E-state index contributed by atoms with van der Waals surface area (Å²) in [4.78, 5) is 13.5. The van der Waals surface area contributed by atoms with E-state index in [-0.39, 0.29) is 5.91 Å². The van der Waals surface area contributed by atoms with Gasteiger partial charge in [0.1, 0.15) is 0 Å². The molecule has 4 nitrogen and oxygen atoms in total. The van der Waals surface area contributed by atoms with Gasteiger partial charge in [0, 0.05) is 19.6 Å². The molecule has 0 radical (unpaired) electrons. The first-order chi connectivity index (χ1) is 7.05. The number of likely N-dealkylation sites (tertiary alicyclic amines) is 1. The van der Waals surface area contributed by atoms with Gasteiger partial charge in [0.05, 0.1) is 12.1 Å². The van der Waals surface area contributed by atoms with E-state index >= 15 is 0 Å². The van der Waals surface area contributed by atoms with Crippen LogP contribution in [0.25, 0.3) is 0 Å². The molecule has 0 aromatic heterocycles. The van der Waals surface area contributed by atoms with Crippen molar-refractivity contribution in [3.63, 3.8) is 0 Å². The van der Waals surface area contributed by atoms with Crippen LogP contribution in [0.1, 0.15) is 26.2 Å². The van der Waals surface area contributed by atoms with E-state index < -0.39 is 5.60 Å². The third-order valence-corrected chi connectivity index (χ3v) is 3.18. The zero-order chi connectivity index (χ0) is 10.9. The van der Waals surface area contributed by atoms with Crippen molar-refractivity contribution in [2.75, 3.05) is 26.2 Å². The van der Waals surface area contributed by atoms with E-state index in [1.165, 1.54) is 12.8 Å². The lowest BCUT2D eigenvalue weighted by molar-refractivity contribution is -0.122. The highest BCUT2D eigenvalue weighted by atomic mass is 16.3. The molecule has 1 atom stereocenters. The summed E-state index contributed by atoms with van der Waals surface area (Å²) in [6.07, 6.45) is 3.29. The molecule has 1 aliphatic carbocycles. The van der Waals surface area contributed by atoms with Gasteiger partial charge < -0.3 is 10.4 Å². The van der Waals surface area contributed by atoms with Crippen molar-refractivity contribution in [2.45, 2.75) is 31.8 Å². The van der Waals surface area contributed by atoms with Crippen LogP contribution in [0, 0.1) is 5.92 Å². The van der Waals surface area contributed by atoms with Crippen LogP contribution in [-0.4, -0.2) is 47.7 Å². The number of carbonyl (C=O) groups is 1. The lowest BCUT2D eigenvalue weighted by Crippen LogP contribution is -2.38. The van der Waals surface area contributed by atoms with Crippen molar-refractivity contribution in [1.29, 1.82) is 0 Å². The zero-order valence-corrected chi connectivity index (χ0v) is 9.33. The standard InChI is InChI=1S/C11H20N2O2/c1-11(15)4-5-13(8-11)7-10(14)12-6-9-2-3-9/h9,15H,2-8H2,1H3,(H,12,14). The van der Waals surface area contributed by atoms with Gasteiger partial charge in [-0.3, -0.25) is 9.69 Å². The van der Waals surface area contributed by atoms with Gasteiger partial charge in [0.25, 0.3) is 0 Å². The topological polar surface area (TPSA) is 52.6 Å². The second-order valence-corrected chi connectivity index (χ2v) is 5.21. The highest BCUT2D eigenvalue weighted by molar-refractivity contribution is 5.78. The minimum atomic E-state index is -0.600. The van der Waals surface area contributed by atoms with Gasteiger partial charge in [-0.05, 0) is 32.1 Å². The first kappa shape index (κ1) is 10.9. The monoisotopic (exact) mass is 212 g/mol. The number of amides is 1. The Kier molecular flexibility index (Phi) is 2.98. The Morgan fingerprint density at radius 2 is 2.33 bits per heavy atom. The van der Waals surface area contributed by atoms with Crippen LogP contribution in [-0.2, 0) is 4.79 Å². The maximum Gasteiger partial charge on any atom is 0.234 e. The second kappa shape index (κ2) is 4.10. The summed E-state index contributed by atoms with van der Waals surface area (Å²) in [5.41, 5.74) is -0.600. The maximum atomic E-state index is 11.5. The number of carbonyl (C=O) groups excluding carboxylic acids is 1. The molecule has 0 bridgehead atoms. The molecule has 1 saturated carbocycles. The average Bonchev–Trinajstić information content (AvgIpc) is 2.89. The van der Waals surface area contributed by atoms with E-state index in [9.17, 15) is 9.90 Å². The lowest BCUT2D eigenvalue weighted by Gasteiger charge is -2.18. The number of β-amino-alcohol motifs (C(OH)–C–C–N with tert-alkyl or cyclic N) is 1. The van der Waals surface area contributed by atoms with Crippen LogP contribution in [0.5, 0.6) is 0 Å². The molecule has 1 heterocycles. The first-order valence-corrected chi connectivity index (χ1v) is 5.77. The van der Waals surface area contributed by atoms with Crippen molar-refractivity contribution in [2.24, 2.45) is 5.92 Å². The van der Waals surface area contributed by atoms with Crippen molar-refractivity contribution in [3.05, 3.63) is 0 Å². The molecule has 0 spiro atoms. The number of hydrogen-bond donors (Lipinski definition) is 2. The van der Waals surface area contributed by atoms with E-state index in [2.05, 4.69) is 5.32 Å². The third kappa shape index (κ3) is 3.47. The molecule has 2 rings (SSSR count). The molecular formula is C11H20N2O2. The van der Waals surface area contributed by atoms with E-state index in [0.717, 1.165) is 25.4 Å². The summed E-state index contributed by atoms with van der Waals surface area (Å²) in [7, 11) is 0. The Morgan fingerprint density at radius 3 is 2.87 bits per heavy atom. The average molecular weight is 212 g/mol. The van der Waals surface area contributed by atoms with Crippen molar-refractivity contribution in [3.8, 4) is 0 Å². The molecule has 2 fully saturated rings. The summed E-state index contributed by atoms with van der Waals surface area (Å²) in [6, 6.07) is 0. The first-order valence-electron chi connectivity index (χ1n) is 5.77. The highest BCUT2D eigenvalue weighted by Crippen LogP contribution is 2.27. The van der Waals surface area contributed by atoms with E-state index in [0.29, 0.717) is 13.1 Å². The zero-order valence-electron chi connectivity index (χ0n) is 9.33. The van der Waals surface area contributed by atoms with Gasteiger partial charge in [-0.25, -0.2) is 0 Å². The Labute approximate surface area is 90.6 Å². The normalized spacial score (nSPS) is 31.9. The quantitative estimate of drug-likeness (QED) is 0.688. The van der Waals surface area contributed by atoms with Gasteiger partial charge in [-0.1, -0.05) is 0 Å². The molecule has 1 saturated heterocycles. The van der Waals surface area contributed by atoms with Crippen LogP contribution >= 0.6 is 0 Å². The molecule has 4 heteroatoms. The molecule has 1 amide bonds. The van der Waals surface area contributed by atoms with Crippen LogP contribution in [0.4, 0.5) is 0 Å². The predicted molar refractivity (Wildman–Crippen MR) is 57.4 cm³/mol. The number of rotatable bonds is 4. The number of nitrogens with zero attached hydrogens (tertiary/aromatic N) is 1. The molecule has 86 valence electrons. The van der Waals surface area contributed by atoms with Gasteiger partial charge in [-0.15, -0.1) is 0 Å². The summed E-state index contributed by atoms with van der Waals surface area (Å²) in [5, 5.41) is 12.7. The minimum absolute atomic E-state index is 0.0969. The van der Waals surface area contributed by atoms with Gasteiger partial charge in [0.15, 0.2) is 0 Å². The fourth-order valence-corrected chi connectivity index (χ4v) is 2.01. The Balaban J connectivity index is 1.65. The summed E-state index contributed by atoms with van der Waals surface area (Å²) in [6.45, 7) is 4.54. The number of hydrogen-bond acceptors (Lipinski definition) is 3. The fraction of sp³-hybridized carbons (Fsp3) is 0.909. The molecule has 0 aromatic carbocycles. The second-order valence-electron chi connectivity index (χ2n) is 5.21. The Morgan fingerprint density at radius 1 is 1.60 bits per heavy atom. The molecule has 15 heavy (non-hydrogen) atoms. The number of aliphatic hydroxyl groups is 1. The minimum Gasteiger partial charge on any atom is -0.389 e. The van der Waals surface area contributed by atoms with Crippen molar-refractivity contribution >= 4 is 5.91 Å². The lowest BCUT2D eigenvalue weighted by atomic mass is 10.1. The molecule has 0 aromatic rings. The van der Waals surface area contributed by atoms with Crippen LogP contribution in [0.3, 0.4) is 0 Å². The molecule has 2 N–H and O–H groups in total. The van der Waals surface area contributed by atoms with Gasteiger partial charge in [-0.2, -0.15) is 0 Å². The summed E-state index contributed by atoms with van der Waals surface area (Å²) >= 11 is 0. The maximum absolute atomic E-state index is 11.5. The van der Waals surface area contributed by atoms with Crippen LogP contribution < -0.4 is 5.32 Å². The van der Waals surface area contributed by atoms with Crippen molar-refractivity contribution in [1.82, 2.24) is 10.2 Å². The Hall–Kier alpha value is -0.610. The molecule has 1 unspecified atom stereocenters. The third-order valence-electron chi connectivity index (χ3n) is 3.18. The number of nitrogens with one attached hydrogen (secondary N) is 1. The summed E-state index contributed by atoms with van der Waals surface area (Å²) < 4.78 is 0. The highest BCUT2D eigenvalue weighted by Gasteiger charge is 2.32. The molecule has 1 aliphatic heterocycles. The van der Waals surface area contributed by atoms with Crippen LogP contribution in [0.15, 0.2) is 0 Å². The smallest absolute Gasteiger partial charge is 0.234 e. The largest absolute Gasteiger partial charge is 0.389 e. The Bertz CT molecular complexity index is 249. The van der Waals surface area contributed by atoms with E-state index in [4.69, 9.17) is 0 Å². The van der Waals surface area contributed by atoms with Gasteiger partial charge >= 0.3 is 0 Å². The SMILES string of the molecule is CC1(O)CCN(CC(=O)NCC2CC2)C1. The fourth-order valence-electron chi connectivity index (χ4n) is 2.01. The molecule has 2 aliphatic rings. The van der Waals surface area contributed by atoms with Crippen LogP contribution in [0.2, 0.25) is 0 Å². The predicted octanol–water partition coefficient (Wildman–Crippen LogP) is -0.0307. The van der Waals surface area contributed by atoms with Crippen molar-refractivity contribution < 1.29 is 9.90 Å². The summed E-state index contributed by atoms with van der Waals surface area (Å²) in [5.74, 6) is 0.829. The van der Waals surface area contributed by atoms with Gasteiger partial charge in [0.2, 0.25) is 5.91 Å². The molecular weight excluding hydrogens is 192 g/mol. The van der Waals surface area contributed by atoms with E-state index in [1.807, 2.05) is 11.8 Å².